The Labute approximate surface area is 212 Å². The summed E-state index contributed by atoms with van der Waals surface area (Å²) in [6.07, 6.45) is 8.64. The number of methoxy groups -OCH3 is 1. The number of phenolic OH excluding ortho intramolecular Hbond substituents is 1. The second-order valence-corrected chi connectivity index (χ2v) is 12.1. The molecule has 2 fully saturated rings. The van der Waals surface area contributed by atoms with Crippen molar-refractivity contribution in [2.75, 3.05) is 25.6 Å². The number of aliphatic imine (C=N–C) groups is 1. The van der Waals surface area contributed by atoms with Gasteiger partial charge >= 0.3 is 0 Å². The highest BCUT2D eigenvalue weighted by Crippen LogP contribution is 2.62. The molecule has 1 aromatic carbocycles. The normalized spacial score (nSPS) is 30.5. The number of rotatable bonds is 7. The first kappa shape index (κ1) is 24.4. The summed E-state index contributed by atoms with van der Waals surface area (Å²) in [4.78, 5) is 23.2. The lowest BCUT2D eigenvalue weighted by Crippen LogP contribution is -2.44. The second kappa shape index (κ2) is 10.0. The molecule has 1 heterocycles. The van der Waals surface area contributed by atoms with E-state index in [1.54, 1.807) is 13.3 Å². The summed E-state index contributed by atoms with van der Waals surface area (Å²) in [6.45, 7) is 5.79. The number of benzene rings is 1. The molecule has 188 valence electrons. The van der Waals surface area contributed by atoms with Crippen molar-refractivity contribution < 1.29 is 14.6 Å². The summed E-state index contributed by atoms with van der Waals surface area (Å²) in [7, 11) is 1.73. The van der Waals surface area contributed by atoms with Gasteiger partial charge in [-0.05, 0) is 92.4 Å². The van der Waals surface area contributed by atoms with Gasteiger partial charge in [-0.15, -0.1) is 11.3 Å². The molecule has 2 aromatic rings. The Balaban J connectivity index is 1.37. The molecule has 2 N–H and O–H groups in total. The van der Waals surface area contributed by atoms with E-state index in [4.69, 9.17) is 9.73 Å². The van der Waals surface area contributed by atoms with Crippen LogP contribution in [-0.4, -0.2) is 42.0 Å². The Morgan fingerprint density at radius 2 is 2.23 bits per heavy atom. The van der Waals surface area contributed by atoms with Crippen LogP contribution < -0.4 is 5.32 Å². The largest absolute Gasteiger partial charge is 0.508 e. The third-order valence-electron chi connectivity index (χ3n) is 8.79. The molecule has 35 heavy (non-hydrogen) atoms. The number of carbonyl (C=O) groups excluding carboxylic acids is 1. The third kappa shape index (κ3) is 4.77. The average molecular weight is 496 g/mol. The van der Waals surface area contributed by atoms with Crippen LogP contribution in [0.5, 0.6) is 5.75 Å². The van der Waals surface area contributed by atoms with E-state index in [2.05, 4.69) is 23.3 Å². The molecule has 3 aliphatic rings. The molecule has 5 unspecified atom stereocenters. The van der Waals surface area contributed by atoms with Crippen LogP contribution >= 0.6 is 11.3 Å². The summed E-state index contributed by atoms with van der Waals surface area (Å²) < 4.78 is 5.28. The fourth-order valence-corrected chi connectivity index (χ4v) is 8.02. The van der Waals surface area contributed by atoms with Crippen LogP contribution in [0.4, 0.5) is 5.13 Å². The van der Waals surface area contributed by atoms with Gasteiger partial charge in [0.1, 0.15) is 5.75 Å². The maximum absolute atomic E-state index is 12.8. The number of thiazole rings is 1. The average Bonchev–Trinajstić information content (AvgIpc) is 3.37. The van der Waals surface area contributed by atoms with Gasteiger partial charge in [0.15, 0.2) is 5.13 Å². The highest BCUT2D eigenvalue weighted by Gasteiger charge is 2.57. The highest BCUT2D eigenvalue weighted by molar-refractivity contribution is 7.15. The lowest BCUT2D eigenvalue weighted by atomic mass is 9.54. The number of hydrogen-bond acceptors (Lipinski definition) is 6. The Kier molecular flexibility index (Phi) is 6.99. The minimum atomic E-state index is 0.0580. The summed E-state index contributed by atoms with van der Waals surface area (Å²) in [5.74, 6) is 2.54. The number of ether oxygens (including phenoxy) is 1. The van der Waals surface area contributed by atoms with Crippen LogP contribution in [0.25, 0.3) is 0 Å². The van der Waals surface area contributed by atoms with E-state index in [0.717, 1.165) is 43.4 Å². The van der Waals surface area contributed by atoms with E-state index in [-0.39, 0.29) is 11.3 Å². The van der Waals surface area contributed by atoms with Gasteiger partial charge < -0.3 is 15.2 Å². The van der Waals surface area contributed by atoms with Crippen LogP contribution in [0.3, 0.4) is 0 Å². The smallest absolute Gasteiger partial charge is 0.226 e. The number of aryl methyl sites for hydroxylation is 2. The molecular formula is C28H37N3O3S. The molecule has 1 amide bonds. The van der Waals surface area contributed by atoms with Crippen molar-refractivity contribution in [3.05, 3.63) is 40.4 Å². The van der Waals surface area contributed by atoms with Crippen LogP contribution in [0.1, 0.15) is 67.4 Å². The Morgan fingerprint density at radius 1 is 1.37 bits per heavy atom. The van der Waals surface area contributed by atoms with Crippen LogP contribution in [-0.2, 0) is 16.0 Å². The molecule has 0 spiro atoms. The summed E-state index contributed by atoms with van der Waals surface area (Å²) in [5.41, 5.74) is 4.19. The molecule has 0 aliphatic heterocycles. The first-order valence-electron chi connectivity index (χ1n) is 13.0. The number of nitrogens with zero attached hydrogens (tertiary/aromatic N) is 2. The molecule has 3 aliphatic carbocycles. The van der Waals surface area contributed by atoms with E-state index >= 15 is 0 Å². The summed E-state index contributed by atoms with van der Waals surface area (Å²) >= 11 is 1.52. The van der Waals surface area contributed by atoms with Crippen molar-refractivity contribution in [2.45, 2.75) is 64.7 Å². The first-order chi connectivity index (χ1) is 16.9. The molecule has 7 heteroatoms. The fraction of sp³-hybridized carbons (Fsp3) is 0.607. The number of anilines is 1. The zero-order chi connectivity index (χ0) is 24.6. The topological polar surface area (TPSA) is 83.8 Å². The van der Waals surface area contributed by atoms with Gasteiger partial charge in [0.05, 0.1) is 13.2 Å². The predicted octanol–water partition coefficient (Wildman–Crippen LogP) is 5.75. The van der Waals surface area contributed by atoms with Crippen molar-refractivity contribution in [2.24, 2.45) is 28.2 Å². The zero-order valence-corrected chi connectivity index (χ0v) is 21.9. The molecule has 0 bridgehead atoms. The van der Waals surface area contributed by atoms with Crippen LogP contribution in [0.15, 0.2) is 29.4 Å². The van der Waals surface area contributed by atoms with E-state index in [1.807, 2.05) is 19.1 Å². The van der Waals surface area contributed by atoms with Crippen molar-refractivity contribution in [3.63, 3.8) is 0 Å². The number of amides is 1. The van der Waals surface area contributed by atoms with E-state index in [1.165, 1.54) is 28.2 Å². The highest BCUT2D eigenvalue weighted by atomic mass is 32.1. The number of phenols is 1. The van der Waals surface area contributed by atoms with Gasteiger partial charge in [0, 0.05) is 35.7 Å². The number of hydrogen-bond donors (Lipinski definition) is 2. The Hall–Kier alpha value is -2.25. The van der Waals surface area contributed by atoms with Crippen LogP contribution in [0, 0.1) is 30.1 Å². The lowest BCUT2D eigenvalue weighted by Gasteiger charge is -2.50. The monoisotopic (exact) mass is 495 g/mol. The van der Waals surface area contributed by atoms with Gasteiger partial charge in [-0.1, -0.05) is 13.0 Å². The van der Waals surface area contributed by atoms with E-state index in [9.17, 15) is 9.90 Å². The molecule has 2 saturated carbocycles. The van der Waals surface area contributed by atoms with Crippen molar-refractivity contribution >= 4 is 28.1 Å². The van der Waals surface area contributed by atoms with Gasteiger partial charge in [0.2, 0.25) is 5.91 Å². The molecule has 1 aromatic heterocycles. The molecule has 6 nitrogen and oxygen atoms in total. The quantitative estimate of drug-likeness (QED) is 0.479. The second-order valence-electron chi connectivity index (χ2n) is 10.8. The Morgan fingerprint density at radius 3 is 3.00 bits per heavy atom. The summed E-state index contributed by atoms with van der Waals surface area (Å²) in [5, 5.41) is 13.7. The van der Waals surface area contributed by atoms with Gasteiger partial charge in [0.25, 0.3) is 0 Å². The van der Waals surface area contributed by atoms with Crippen molar-refractivity contribution in [3.8, 4) is 5.75 Å². The van der Waals surface area contributed by atoms with Gasteiger partial charge in [-0.25, -0.2) is 4.98 Å². The van der Waals surface area contributed by atoms with E-state index < -0.39 is 0 Å². The minimum Gasteiger partial charge on any atom is -0.508 e. The number of carbonyl (C=O) groups is 1. The lowest BCUT2D eigenvalue weighted by molar-refractivity contribution is -0.116. The first-order valence-corrected chi connectivity index (χ1v) is 13.8. The Bertz CT molecular complexity index is 1110. The standard InChI is InChI=1S/C28H37N3O3S/c1-17-16-30-27(35-17)31-25(33)9-5-19-15-24(29-12-13-34-3)28(2)11-10-22-21-8-6-20(32)14-18(21)4-7-23(22)26(19)28/h6,8,14,16,19,22-23,26,32H,4-5,7,9-13,15H2,1-3H3,(H,30,31,33). The van der Waals surface area contributed by atoms with Crippen LogP contribution in [0.2, 0.25) is 0 Å². The maximum atomic E-state index is 12.8. The number of aromatic hydroxyl groups is 1. The molecule has 0 radical (unpaired) electrons. The minimum absolute atomic E-state index is 0.0580. The number of nitrogens with one attached hydrogen (secondary N) is 1. The van der Waals surface area contributed by atoms with E-state index in [0.29, 0.717) is 54.1 Å². The molecule has 5 rings (SSSR count). The maximum Gasteiger partial charge on any atom is 0.226 e. The molecule has 0 saturated heterocycles. The van der Waals surface area contributed by atoms with Gasteiger partial charge in [-0.3, -0.25) is 9.79 Å². The predicted molar refractivity (Wildman–Crippen MR) is 140 cm³/mol. The fourth-order valence-electron chi connectivity index (χ4n) is 7.34. The van der Waals surface area contributed by atoms with Gasteiger partial charge in [-0.2, -0.15) is 0 Å². The molecular weight excluding hydrogens is 458 g/mol. The number of fused-ring (bicyclic) bond motifs is 5. The van der Waals surface area contributed by atoms with Crippen molar-refractivity contribution in [1.82, 2.24) is 4.98 Å². The SMILES string of the molecule is COCCN=C1CC(CCC(=O)Nc2ncc(C)s2)C2C3CCc4cc(O)ccc4C3CCC12C. The van der Waals surface area contributed by atoms with Crippen molar-refractivity contribution in [1.29, 1.82) is 0 Å². The number of aromatic nitrogens is 1. The third-order valence-corrected chi connectivity index (χ3v) is 9.62. The zero-order valence-electron chi connectivity index (χ0n) is 21.0. The molecule has 5 atom stereocenters. The summed E-state index contributed by atoms with van der Waals surface area (Å²) in [6, 6.07) is 5.97.